The highest BCUT2D eigenvalue weighted by Crippen LogP contribution is 2.40. The summed E-state index contributed by atoms with van der Waals surface area (Å²) in [6.07, 6.45) is 4.13. The van der Waals surface area contributed by atoms with Crippen LogP contribution in [0.4, 0.5) is 4.79 Å². The lowest BCUT2D eigenvalue weighted by molar-refractivity contribution is -0.119. The van der Waals surface area contributed by atoms with Crippen LogP contribution in [0.15, 0.2) is 82.6 Å². The number of nitrogens with one attached hydrogen (secondary N) is 3. The van der Waals surface area contributed by atoms with E-state index in [-0.39, 0.29) is 59.0 Å². The molecule has 2 heterocycles. The van der Waals surface area contributed by atoms with Crippen LogP contribution in [-0.2, 0) is 56.7 Å². The van der Waals surface area contributed by atoms with E-state index in [0.29, 0.717) is 125 Å². The maximum atomic E-state index is 13.2. The first-order valence-electron chi connectivity index (χ1n) is 25.1. The van der Waals surface area contributed by atoms with E-state index in [2.05, 4.69) is 25.2 Å². The average Bonchev–Trinajstić information content (AvgIpc) is 3.36. The molecule has 2 aliphatic heterocycles. The van der Waals surface area contributed by atoms with E-state index in [0.717, 1.165) is 52.6 Å². The minimum atomic E-state index is -3.78. The number of likely N-dealkylation sites (N-methyl/N-ethyl adjacent to an activating group) is 2. The van der Waals surface area contributed by atoms with Gasteiger partial charge >= 0.3 is 6.03 Å². The summed E-state index contributed by atoms with van der Waals surface area (Å²) >= 11 is 25.7. The van der Waals surface area contributed by atoms with Gasteiger partial charge < -0.3 is 39.4 Å². The highest BCUT2D eigenvalue weighted by molar-refractivity contribution is 7.91. The zero-order valence-electron chi connectivity index (χ0n) is 42.2. The number of urea groups is 1. The van der Waals surface area contributed by atoms with Gasteiger partial charge in [-0.05, 0) is 122 Å². The molecule has 3 N–H and O–H groups in total. The third kappa shape index (κ3) is 18.7. The van der Waals surface area contributed by atoms with Crippen LogP contribution >= 0.6 is 46.4 Å². The number of fused-ring (bicyclic) bond motifs is 2. The van der Waals surface area contributed by atoms with Crippen molar-refractivity contribution in [3.8, 4) is 0 Å². The zero-order valence-corrected chi connectivity index (χ0v) is 46.8. The van der Waals surface area contributed by atoms with Crippen LogP contribution in [0.25, 0.3) is 0 Å². The zero-order chi connectivity index (χ0) is 53.1. The molecule has 15 nitrogen and oxygen atoms in total. The number of unbranched alkanes of at least 4 members (excludes halogenated alkanes) is 2. The van der Waals surface area contributed by atoms with Gasteiger partial charge in [-0.3, -0.25) is 4.79 Å². The van der Waals surface area contributed by atoms with E-state index in [4.69, 9.17) is 65.4 Å². The molecular formula is C53H69Cl4N5O10S2. The fourth-order valence-electron chi connectivity index (χ4n) is 9.15. The Bertz CT molecular complexity index is 2540. The number of ether oxygens (including phenoxy) is 4. The van der Waals surface area contributed by atoms with Crippen LogP contribution in [0.5, 0.6) is 0 Å². The molecule has 0 saturated carbocycles. The second-order valence-electron chi connectivity index (χ2n) is 18.7. The smallest absolute Gasteiger partial charge is 0.314 e. The molecule has 0 fully saturated rings. The number of nitrogens with zero attached hydrogens (tertiary/aromatic N) is 2. The third-order valence-electron chi connectivity index (χ3n) is 12.9. The van der Waals surface area contributed by atoms with Crippen LogP contribution < -0.4 is 15.4 Å². The maximum Gasteiger partial charge on any atom is 0.314 e. The van der Waals surface area contributed by atoms with Gasteiger partial charge in [0.1, 0.15) is 5.78 Å². The maximum absolute atomic E-state index is 13.2. The van der Waals surface area contributed by atoms with Crippen molar-refractivity contribution >= 4 is 78.1 Å². The largest absolute Gasteiger partial charge is 0.379 e. The van der Waals surface area contributed by atoms with Crippen molar-refractivity contribution in [3.63, 3.8) is 0 Å². The molecule has 21 heteroatoms. The second kappa shape index (κ2) is 29.9. The highest BCUT2D eigenvalue weighted by Gasteiger charge is 2.30. The fraction of sp³-hybridized carbons (Fsp3) is 0.509. The van der Waals surface area contributed by atoms with Crippen molar-refractivity contribution < 1.29 is 45.4 Å². The predicted octanol–water partition coefficient (Wildman–Crippen LogP) is 8.87. The van der Waals surface area contributed by atoms with Crippen LogP contribution in [0, 0.1) is 0 Å². The topological polar surface area (TPSA) is 182 Å². The van der Waals surface area contributed by atoms with E-state index in [1.165, 1.54) is 0 Å². The van der Waals surface area contributed by atoms with Crippen molar-refractivity contribution in [1.82, 2.24) is 25.2 Å². The highest BCUT2D eigenvalue weighted by atomic mass is 35.5. The number of rotatable bonds is 31. The van der Waals surface area contributed by atoms with E-state index < -0.39 is 19.9 Å². The number of carbonyl (C=O) groups excluding carboxylic acids is 2. The molecule has 4 aromatic carbocycles. The number of carbonyl (C=O) groups is 2. The number of sulfonamides is 1. The summed E-state index contributed by atoms with van der Waals surface area (Å²) in [6.45, 7) is 6.10. The number of hydrogen-bond acceptors (Lipinski definition) is 12. The molecular weight excluding hydrogens is 1070 g/mol. The standard InChI is InChI=1S/C53H69Cl4N5O10S2/c1-61-34-47(45-30-40(54)32-51(56)49(45)36-61)38-10-6-14-43(28-38)73(65,66)27-9-20-70-24-25-71-21-17-59-53(64)58-16-5-3-4-12-42(63)13-8-19-69-23-26-72-22-18-60-74(67,68)44-15-7-11-39(29-44)48-35-62(2)37-50-46(48)31-41(55)33-52(50)57/h6-7,10-11,14-15,28-33,47-48,60H,3-5,8-9,12-13,16-27,34-37H2,1-2H3,(H2,58,59,64)/t47-,48-/m0/s1. The Morgan fingerprint density at radius 2 is 1.07 bits per heavy atom. The van der Waals surface area contributed by atoms with Crippen molar-refractivity contribution in [2.24, 2.45) is 0 Å². The summed E-state index contributed by atoms with van der Waals surface area (Å²) < 4.78 is 77.7. The van der Waals surface area contributed by atoms with Crippen LogP contribution in [0.3, 0.4) is 0 Å². The van der Waals surface area contributed by atoms with E-state index in [9.17, 15) is 26.4 Å². The predicted molar refractivity (Wildman–Crippen MR) is 291 cm³/mol. The van der Waals surface area contributed by atoms with Crippen molar-refractivity contribution in [3.05, 3.63) is 126 Å². The Hall–Kier alpha value is -3.40. The Balaban J connectivity index is 0.707. The van der Waals surface area contributed by atoms with Crippen molar-refractivity contribution in [1.29, 1.82) is 0 Å². The number of ketones is 1. The second-order valence-corrected chi connectivity index (χ2v) is 24.3. The summed E-state index contributed by atoms with van der Waals surface area (Å²) in [5.41, 5.74) is 5.78. The van der Waals surface area contributed by atoms with Gasteiger partial charge in [0, 0.05) is 104 Å². The lowest BCUT2D eigenvalue weighted by Gasteiger charge is -2.33. The third-order valence-corrected chi connectivity index (χ3v) is 17.2. The Labute approximate surface area is 457 Å². The Morgan fingerprint density at radius 1 is 0.568 bits per heavy atom. The summed E-state index contributed by atoms with van der Waals surface area (Å²) in [5.74, 6) is -0.0300. The first kappa shape index (κ1) is 59.8. The van der Waals surface area contributed by atoms with Gasteiger partial charge in [0.15, 0.2) is 9.84 Å². The molecule has 0 bridgehead atoms. The molecule has 0 aromatic heterocycles. The number of amides is 2. The van der Waals surface area contributed by atoms with Crippen molar-refractivity contribution in [2.45, 2.75) is 79.7 Å². The van der Waals surface area contributed by atoms with Gasteiger partial charge in [-0.25, -0.2) is 26.4 Å². The molecule has 74 heavy (non-hydrogen) atoms. The molecule has 2 atom stereocenters. The molecule has 0 radical (unpaired) electrons. The molecule has 406 valence electrons. The van der Waals surface area contributed by atoms with E-state index in [1.807, 2.05) is 38.4 Å². The van der Waals surface area contributed by atoms with Gasteiger partial charge in [-0.1, -0.05) is 77.1 Å². The van der Waals surface area contributed by atoms with Crippen LogP contribution in [-0.4, -0.2) is 144 Å². The lowest BCUT2D eigenvalue weighted by Crippen LogP contribution is -2.37. The molecule has 0 unspecified atom stereocenters. The van der Waals surface area contributed by atoms with E-state index in [1.54, 1.807) is 48.5 Å². The Kier molecular flexibility index (Phi) is 24.2. The summed E-state index contributed by atoms with van der Waals surface area (Å²) in [6, 6.07) is 21.1. The molecule has 0 saturated heterocycles. The summed E-state index contributed by atoms with van der Waals surface area (Å²) in [7, 11) is -3.30. The fourth-order valence-corrected chi connectivity index (χ4v) is 12.7. The molecule has 0 spiro atoms. The minimum absolute atomic E-state index is 0.0488. The average molecular weight is 1140 g/mol. The monoisotopic (exact) mass is 1140 g/mol. The molecule has 2 amide bonds. The van der Waals surface area contributed by atoms with Crippen molar-refractivity contribution in [2.75, 3.05) is 105 Å². The first-order valence-corrected chi connectivity index (χ1v) is 29.7. The Morgan fingerprint density at radius 3 is 1.66 bits per heavy atom. The number of benzene rings is 4. The quantitative estimate of drug-likeness (QED) is 0.0408. The van der Waals surface area contributed by atoms with Crippen LogP contribution in [0.2, 0.25) is 20.1 Å². The minimum Gasteiger partial charge on any atom is -0.379 e. The number of hydrogen-bond donors (Lipinski definition) is 3. The molecule has 4 aromatic rings. The number of Topliss-reactive ketones (excluding diaryl/α,β-unsaturated/α-hetero) is 1. The SMILES string of the molecule is CN1Cc2c(Cl)cc(Cl)cc2[C@H](c2cccc(S(=O)(=O)CCCOCCOCCNC(=O)NCCCCCC(=O)CCCOCCOCCNS(=O)(=O)c3cccc([C@@H]4CN(C)Cc5c(Cl)cc(Cl)cc54)c3)c2)C1. The van der Waals surface area contributed by atoms with Gasteiger partial charge in [0.2, 0.25) is 10.0 Å². The first-order chi connectivity index (χ1) is 35.5. The van der Waals surface area contributed by atoms with Gasteiger partial charge in [0.05, 0.1) is 55.2 Å². The number of sulfone groups is 1. The lowest BCUT2D eigenvalue weighted by atomic mass is 9.85. The number of halogens is 4. The normalized spacial score (nSPS) is 16.2. The van der Waals surface area contributed by atoms with Gasteiger partial charge in [-0.15, -0.1) is 0 Å². The summed E-state index contributed by atoms with van der Waals surface area (Å²) in [4.78, 5) is 29.2. The molecule has 2 aliphatic rings. The van der Waals surface area contributed by atoms with Gasteiger partial charge in [-0.2, -0.15) is 0 Å². The summed E-state index contributed by atoms with van der Waals surface area (Å²) in [5, 5.41) is 7.87. The molecule has 6 rings (SSSR count). The van der Waals surface area contributed by atoms with Gasteiger partial charge in [0.25, 0.3) is 0 Å². The molecule has 0 aliphatic carbocycles. The van der Waals surface area contributed by atoms with Crippen LogP contribution in [0.1, 0.15) is 90.2 Å². The van der Waals surface area contributed by atoms with E-state index >= 15 is 0 Å².